The van der Waals surface area contributed by atoms with E-state index in [9.17, 15) is 18.0 Å². The van der Waals surface area contributed by atoms with Gasteiger partial charge in [-0.3, -0.25) is 9.59 Å². The number of anilines is 1. The van der Waals surface area contributed by atoms with Gasteiger partial charge in [-0.25, -0.2) is 8.42 Å². The van der Waals surface area contributed by atoms with Crippen LogP contribution in [0.4, 0.5) is 5.69 Å². The predicted molar refractivity (Wildman–Crippen MR) is 108 cm³/mol. The van der Waals surface area contributed by atoms with Crippen LogP contribution in [0.25, 0.3) is 0 Å². The second-order valence-corrected chi connectivity index (χ2v) is 8.33. The van der Waals surface area contributed by atoms with Gasteiger partial charge in [-0.2, -0.15) is 4.31 Å². The first-order valence-electron chi connectivity index (χ1n) is 8.63. The van der Waals surface area contributed by atoms with Crippen molar-refractivity contribution in [3.05, 3.63) is 53.6 Å². The number of carbonyl (C=O) groups excluding carboxylic acids is 2. The highest BCUT2D eigenvalue weighted by Crippen LogP contribution is 2.23. The summed E-state index contributed by atoms with van der Waals surface area (Å²) in [5, 5.41) is 2.97. The zero-order valence-electron chi connectivity index (χ0n) is 15.9. The first-order chi connectivity index (χ1) is 13.7. The summed E-state index contributed by atoms with van der Waals surface area (Å²) in [7, 11) is -2.65. The smallest absolute Gasteiger partial charge is 0.321 e. The first-order valence-corrected chi connectivity index (χ1v) is 10.4. The summed E-state index contributed by atoms with van der Waals surface area (Å²) in [6.07, 6.45) is 0. The maximum atomic E-state index is 12.4. The molecule has 156 valence electrons. The normalized spacial score (nSPS) is 11.2. The molecule has 2 rings (SSSR count). The lowest BCUT2D eigenvalue weighted by Gasteiger charge is -2.16. The molecule has 0 aliphatic carbocycles. The molecular weight excluding hydrogens is 420 g/mol. The topological polar surface area (TPSA) is 102 Å². The standard InChI is InChI=1S/C19H21ClN2O6S/c1-3-27-17-7-5-4-6-16(17)21-18(23)13-28-19(24)12-22(2)29(25,26)15-10-8-14(20)9-11-15/h4-11H,3,12-13H2,1-2H3,(H,21,23). The number of likely N-dealkylation sites (N-methyl/N-ethyl adjacent to an activating group) is 1. The molecule has 0 fully saturated rings. The highest BCUT2D eigenvalue weighted by Gasteiger charge is 2.24. The number of nitrogens with one attached hydrogen (secondary N) is 1. The van der Waals surface area contributed by atoms with Crippen molar-refractivity contribution in [2.75, 3.05) is 32.1 Å². The Morgan fingerprint density at radius 1 is 1.10 bits per heavy atom. The van der Waals surface area contributed by atoms with Crippen molar-refractivity contribution in [2.45, 2.75) is 11.8 Å². The number of amides is 1. The minimum absolute atomic E-state index is 0.0116. The Hall–Kier alpha value is -2.62. The Kier molecular flexibility index (Phi) is 8.00. The van der Waals surface area contributed by atoms with Gasteiger partial charge in [-0.05, 0) is 43.3 Å². The van der Waals surface area contributed by atoms with Crippen LogP contribution in [0.15, 0.2) is 53.4 Å². The van der Waals surface area contributed by atoms with Gasteiger partial charge in [0.25, 0.3) is 5.91 Å². The Labute approximate surface area is 174 Å². The molecule has 0 saturated carbocycles. The fourth-order valence-corrected chi connectivity index (χ4v) is 3.52. The van der Waals surface area contributed by atoms with Gasteiger partial charge in [0.15, 0.2) is 6.61 Å². The molecule has 1 amide bonds. The van der Waals surface area contributed by atoms with Gasteiger partial charge in [0.1, 0.15) is 12.3 Å². The number of rotatable bonds is 9. The SMILES string of the molecule is CCOc1ccccc1NC(=O)COC(=O)CN(C)S(=O)(=O)c1ccc(Cl)cc1. The number of sulfonamides is 1. The quantitative estimate of drug-likeness (QED) is 0.601. The minimum Gasteiger partial charge on any atom is -0.492 e. The van der Waals surface area contributed by atoms with Crippen LogP contribution in [0.1, 0.15) is 6.92 Å². The maximum absolute atomic E-state index is 12.4. The molecule has 0 spiro atoms. The number of halogens is 1. The summed E-state index contributed by atoms with van der Waals surface area (Å²) in [5.41, 5.74) is 0.442. The molecular formula is C19H21ClN2O6S. The molecule has 0 aliphatic heterocycles. The van der Waals surface area contributed by atoms with Crippen molar-refractivity contribution in [3.63, 3.8) is 0 Å². The summed E-state index contributed by atoms with van der Waals surface area (Å²) in [6.45, 7) is 1.13. The van der Waals surface area contributed by atoms with Crippen molar-refractivity contribution >= 4 is 39.2 Å². The fraction of sp³-hybridized carbons (Fsp3) is 0.263. The zero-order valence-corrected chi connectivity index (χ0v) is 17.5. The number of nitrogens with zero attached hydrogens (tertiary/aromatic N) is 1. The molecule has 0 unspecified atom stereocenters. The highest BCUT2D eigenvalue weighted by atomic mass is 35.5. The van der Waals surface area contributed by atoms with Crippen molar-refractivity contribution in [2.24, 2.45) is 0 Å². The summed E-state index contributed by atoms with van der Waals surface area (Å²) in [5.74, 6) is -0.949. The maximum Gasteiger partial charge on any atom is 0.321 e. The summed E-state index contributed by atoms with van der Waals surface area (Å²) in [4.78, 5) is 24.0. The molecule has 0 aliphatic rings. The third-order valence-corrected chi connectivity index (χ3v) is 5.77. The minimum atomic E-state index is -3.89. The second-order valence-electron chi connectivity index (χ2n) is 5.85. The monoisotopic (exact) mass is 440 g/mol. The molecule has 0 heterocycles. The zero-order chi connectivity index (χ0) is 21.4. The van der Waals surface area contributed by atoms with E-state index in [0.29, 0.717) is 23.1 Å². The second kappa shape index (κ2) is 10.2. The molecule has 2 aromatic rings. The molecule has 2 aromatic carbocycles. The predicted octanol–water partition coefficient (Wildman–Crippen LogP) is 2.54. The van der Waals surface area contributed by atoms with Gasteiger partial charge in [0.05, 0.1) is 17.2 Å². The Balaban J connectivity index is 1.89. The molecule has 0 saturated heterocycles. The van der Waals surface area contributed by atoms with E-state index in [1.165, 1.54) is 31.3 Å². The molecule has 0 radical (unpaired) electrons. The number of benzene rings is 2. The molecule has 29 heavy (non-hydrogen) atoms. The molecule has 0 atom stereocenters. The lowest BCUT2D eigenvalue weighted by Crippen LogP contribution is -2.34. The highest BCUT2D eigenvalue weighted by molar-refractivity contribution is 7.89. The summed E-state index contributed by atoms with van der Waals surface area (Å²) in [6, 6.07) is 12.4. The third-order valence-electron chi connectivity index (χ3n) is 3.70. The van der Waals surface area contributed by atoms with Gasteiger partial charge < -0.3 is 14.8 Å². The lowest BCUT2D eigenvalue weighted by molar-refractivity contribution is -0.147. The van der Waals surface area contributed by atoms with Crippen LogP contribution in [-0.4, -0.2) is 51.4 Å². The summed E-state index contributed by atoms with van der Waals surface area (Å²) < 4.78 is 36.0. The molecule has 0 aromatic heterocycles. The van der Waals surface area contributed by atoms with E-state index in [4.69, 9.17) is 21.1 Å². The van der Waals surface area contributed by atoms with Crippen LogP contribution >= 0.6 is 11.6 Å². The van der Waals surface area contributed by atoms with Crippen molar-refractivity contribution in [3.8, 4) is 5.75 Å². The summed E-state index contributed by atoms with van der Waals surface area (Å²) >= 11 is 5.75. The average molecular weight is 441 g/mol. The van der Waals surface area contributed by atoms with Gasteiger partial charge >= 0.3 is 5.97 Å². The van der Waals surface area contributed by atoms with Crippen LogP contribution < -0.4 is 10.1 Å². The molecule has 10 heteroatoms. The molecule has 1 N–H and O–H groups in total. The number of hydrogen-bond acceptors (Lipinski definition) is 6. The van der Waals surface area contributed by atoms with E-state index in [1.807, 2.05) is 6.92 Å². The average Bonchev–Trinajstić information content (AvgIpc) is 2.68. The Morgan fingerprint density at radius 3 is 2.41 bits per heavy atom. The van der Waals surface area contributed by atoms with E-state index in [2.05, 4.69) is 5.32 Å². The van der Waals surface area contributed by atoms with Gasteiger partial charge in [0, 0.05) is 12.1 Å². The Bertz CT molecular complexity index is 963. The van der Waals surface area contributed by atoms with Crippen molar-refractivity contribution in [1.29, 1.82) is 0 Å². The van der Waals surface area contributed by atoms with E-state index < -0.39 is 35.1 Å². The van der Waals surface area contributed by atoms with Crippen LogP contribution in [0, 0.1) is 0 Å². The lowest BCUT2D eigenvalue weighted by atomic mass is 10.3. The molecule has 0 bridgehead atoms. The molecule has 8 nitrogen and oxygen atoms in total. The van der Waals surface area contributed by atoms with E-state index in [0.717, 1.165) is 4.31 Å². The Morgan fingerprint density at radius 2 is 1.76 bits per heavy atom. The van der Waals surface area contributed by atoms with Crippen LogP contribution in [0.5, 0.6) is 5.75 Å². The van der Waals surface area contributed by atoms with Crippen molar-refractivity contribution < 1.29 is 27.5 Å². The van der Waals surface area contributed by atoms with Crippen molar-refractivity contribution in [1.82, 2.24) is 4.31 Å². The fourth-order valence-electron chi connectivity index (χ4n) is 2.28. The van der Waals surface area contributed by atoms with Crippen LogP contribution in [-0.2, 0) is 24.3 Å². The van der Waals surface area contributed by atoms with E-state index in [-0.39, 0.29) is 4.90 Å². The van der Waals surface area contributed by atoms with Gasteiger partial charge in [-0.1, -0.05) is 23.7 Å². The van der Waals surface area contributed by atoms with E-state index >= 15 is 0 Å². The van der Waals surface area contributed by atoms with Gasteiger partial charge in [-0.15, -0.1) is 0 Å². The largest absolute Gasteiger partial charge is 0.492 e. The third kappa shape index (κ3) is 6.45. The number of ether oxygens (including phenoxy) is 2. The number of para-hydroxylation sites is 2. The number of hydrogen-bond donors (Lipinski definition) is 1. The number of esters is 1. The van der Waals surface area contributed by atoms with Gasteiger partial charge in [0.2, 0.25) is 10.0 Å². The van der Waals surface area contributed by atoms with Crippen LogP contribution in [0.3, 0.4) is 0 Å². The number of carbonyl (C=O) groups is 2. The van der Waals surface area contributed by atoms with Crippen LogP contribution in [0.2, 0.25) is 5.02 Å². The van der Waals surface area contributed by atoms with E-state index in [1.54, 1.807) is 24.3 Å². The first kappa shape index (κ1) is 22.7.